The van der Waals surface area contributed by atoms with E-state index in [2.05, 4.69) is 44.2 Å². The number of carbonyl (C=O) groups is 1. The summed E-state index contributed by atoms with van der Waals surface area (Å²) in [6, 6.07) is 12.5. The highest BCUT2D eigenvalue weighted by molar-refractivity contribution is 5.80. The number of amides is 1. The second kappa shape index (κ2) is 8.13. The molecular formula is C24H28N6O. The Kier molecular flexibility index (Phi) is 5.18. The number of aryl methyl sites for hydroxylation is 2. The van der Waals surface area contributed by atoms with Crippen LogP contribution in [0.1, 0.15) is 35.4 Å². The fourth-order valence-corrected chi connectivity index (χ4v) is 4.82. The number of rotatable bonds is 3. The van der Waals surface area contributed by atoms with Gasteiger partial charge in [-0.25, -0.2) is 14.6 Å². The van der Waals surface area contributed by atoms with Gasteiger partial charge >= 0.3 is 0 Å². The fraction of sp³-hybridized carbons (Fsp3) is 0.417. The number of aromatic nitrogens is 4. The minimum Gasteiger partial charge on any atom is -0.356 e. The van der Waals surface area contributed by atoms with Crippen molar-refractivity contribution in [3.05, 3.63) is 65.2 Å². The van der Waals surface area contributed by atoms with Gasteiger partial charge in [0, 0.05) is 37.9 Å². The number of anilines is 1. The van der Waals surface area contributed by atoms with Gasteiger partial charge in [0.15, 0.2) is 5.82 Å². The molecule has 2 aromatic heterocycles. The molecule has 0 saturated carbocycles. The van der Waals surface area contributed by atoms with Crippen molar-refractivity contribution >= 4 is 11.7 Å². The van der Waals surface area contributed by atoms with Crippen LogP contribution in [0, 0.1) is 19.8 Å². The quantitative estimate of drug-likeness (QED) is 0.656. The summed E-state index contributed by atoms with van der Waals surface area (Å²) in [5.41, 5.74) is 4.65. The summed E-state index contributed by atoms with van der Waals surface area (Å²) >= 11 is 0. The molecule has 1 unspecified atom stereocenters. The summed E-state index contributed by atoms with van der Waals surface area (Å²) in [6.45, 7) is 7.13. The Morgan fingerprint density at radius 1 is 1.03 bits per heavy atom. The third-order valence-corrected chi connectivity index (χ3v) is 6.40. The zero-order chi connectivity index (χ0) is 21.4. The van der Waals surface area contributed by atoms with E-state index in [1.165, 1.54) is 11.1 Å². The highest BCUT2D eigenvalue weighted by atomic mass is 16.2. The standard InChI is InChI=1S/C24H28N6O/c1-17-12-18(2)30(27-17)23-13-22(25-16-26-23)28-10-5-8-21(15-28)24(31)29-11-9-19-6-3-4-7-20(19)14-29/h3-4,6-7,12-13,16,21H,5,8-11,14-15H2,1-2H3. The topological polar surface area (TPSA) is 67.2 Å². The minimum atomic E-state index is 0.00566. The molecule has 160 valence electrons. The van der Waals surface area contributed by atoms with Gasteiger partial charge in [-0.2, -0.15) is 5.10 Å². The van der Waals surface area contributed by atoms with E-state index in [1.54, 1.807) is 6.33 Å². The number of hydrogen-bond donors (Lipinski definition) is 0. The molecule has 0 radical (unpaired) electrons. The van der Waals surface area contributed by atoms with Gasteiger partial charge in [0.2, 0.25) is 5.91 Å². The zero-order valence-electron chi connectivity index (χ0n) is 18.2. The lowest BCUT2D eigenvalue weighted by Crippen LogP contribution is -2.46. The highest BCUT2D eigenvalue weighted by Crippen LogP contribution is 2.26. The molecule has 0 N–H and O–H groups in total. The van der Waals surface area contributed by atoms with E-state index in [1.807, 2.05) is 35.6 Å². The maximum Gasteiger partial charge on any atom is 0.227 e. The van der Waals surface area contributed by atoms with Crippen LogP contribution in [-0.2, 0) is 17.8 Å². The summed E-state index contributed by atoms with van der Waals surface area (Å²) in [5, 5.41) is 4.54. The van der Waals surface area contributed by atoms with Crippen molar-refractivity contribution in [3.63, 3.8) is 0 Å². The molecule has 1 aromatic carbocycles. The summed E-state index contributed by atoms with van der Waals surface area (Å²) in [7, 11) is 0. The summed E-state index contributed by atoms with van der Waals surface area (Å²) in [4.78, 5) is 26.5. The molecule has 0 aliphatic carbocycles. The van der Waals surface area contributed by atoms with Crippen LogP contribution in [0.3, 0.4) is 0 Å². The normalized spacial score (nSPS) is 18.7. The number of benzene rings is 1. The highest BCUT2D eigenvalue weighted by Gasteiger charge is 2.31. The van der Waals surface area contributed by atoms with Gasteiger partial charge in [0.1, 0.15) is 12.1 Å². The lowest BCUT2D eigenvalue weighted by molar-refractivity contribution is -0.136. The molecular weight excluding hydrogens is 388 g/mol. The Morgan fingerprint density at radius 2 is 1.84 bits per heavy atom. The molecule has 1 saturated heterocycles. The van der Waals surface area contributed by atoms with Crippen LogP contribution in [0.2, 0.25) is 0 Å². The van der Waals surface area contributed by atoms with Gasteiger partial charge in [-0.15, -0.1) is 0 Å². The maximum atomic E-state index is 13.3. The van der Waals surface area contributed by atoms with Crippen molar-refractivity contribution in [1.29, 1.82) is 0 Å². The van der Waals surface area contributed by atoms with E-state index in [0.717, 1.165) is 61.9 Å². The second-order valence-corrected chi connectivity index (χ2v) is 8.64. The maximum absolute atomic E-state index is 13.3. The first-order valence-electron chi connectivity index (χ1n) is 11.0. The number of hydrogen-bond acceptors (Lipinski definition) is 5. The minimum absolute atomic E-state index is 0.00566. The first kappa shape index (κ1) is 19.7. The number of fused-ring (bicyclic) bond motifs is 1. The number of piperidine rings is 1. The van der Waals surface area contributed by atoms with Crippen LogP contribution >= 0.6 is 0 Å². The third kappa shape index (κ3) is 3.92. The number of carbonyl (C=O) groups excluding carboxylic acids is 1. The van der Waals surface area contributed by atoms with E-state index >= 15 is 0 Å². The summed E-state index contributed by atoms with van der Waals surface area (Å²) < 4.78 is 1.85. The summed E-state index contributed by atoms with van der Waals surface area (Å²) in [6.07, 6.45) is 4.45. The zero-order valence-corrected chi connectivity index (χ0v) is 18.2. The summed E-state index contributed by atoms with van der Waals surface area (Å²) in [5.74, 6) is 1.90. The van der Waals surface area contributed by atoms with Crippen LogP contribution in [-0.4, -0.2) is 50.2 Å². The molecule has 1 fully saturated rings. The molecule has 0 bridgehead atoms. The average molecular weight is 417 g/mol. The lowest BCUT2D eigenvalue weighted by Gasteiger charge is -2.37. The molecule has 3 aromatic rings. The average Bonchev–Trinajstić information content (AvgIpc) is 3.16. The van der Waals surface area contributed by atoms with Crippen molar-refractivity contribution in [3.8, 4) is 5.82 Å². The van der Waals surface area contributed by atoms with Crippen LogP contribution in [0.4, 0.5) is 5.82 Å². The first-order valence-corrected chi connectivity index (χ1v) is 11.0. The van der Waals surface area contributed by atoms with Gasteiger partial charge in [0.25, 0.3) is 0 Å². The fourth-order valence-electron chi connectivity index (χ4n) is 4.82. The van der Waals surface area contributed by atoms with E-state index in [4.69, 9.17) is 0 Å². The van der Waals surface area contributed by atoms with Crippen molar-refractivity contribution < 1.29 is 4.79 Å². The second-order valence-electron chi connectivity index (χ2n) is 8.64. The Balaban J connectivity index is 1.31. The van der Waals surface area contributed by atoms with Crippen molar-refractivity contribution in [2.45, 2.75) is 39.7 Å². The van der Waals surface area contributed by atoms with Gasteiger partial charge in [0.05, 0.1) is 11.6 Å². The van der Waals surface area contributed by atoms with E-state index in [9.17, 15) is 4.79 Å². The van der Waals surface area contributed by atoms with Crippen molar-refractivity contribution in [2.24, 2.45) is 5.92 Å². The van der Waals surface area contributed by atoms with E-state index < -0.39 is 0 Å². The monoisotopic (exact) mass is 416 g/mol. The molecule has 7 nitrogen and oxygen atoms in total. The van der Waals surface area contributed by atoms with Crippen molar-refractivity contribution in [2.75, 3.05) is 24.5 Å². The van der Waals surface area contributed by atoms with Gasteiger partial charge in [-0.3, -0.25) is 4.79 Å². The number of nitrogens with zero attached hydrogens (tertiary/aromatic N) is 6. The molecule has 1 atom stereocenters. The van der Waals surface area contributed by atoms with Crippen LogP contribution in [0.5, 0.6) is 0 Å². The predicted octanol–water partition coefficient (Wildman–Crippen LogP) is 3.08. The molecule has 0 spiro atoms. The molecule has 7 heteroatoms. The molecule has 2 aliphatic rings. The Labute approximate surface area is 182 Å². The Hall–Kier alpha value is -3.22. The van der Waals surface area contributed by atoms with Crippen LogP contribution in [0.15, 0.2) is 42.7 Å². The lowest BCUT2D eigenvalue weighted by atomic mass is 9.94. The predicted molar refractivity (Wildman–Crippen MR) is 119 cm³/mol. The van der Waals surface area contributed by atoms with Crippen molar-refractivity contribution in [1.82, 2.24) is 24.6 Å². The van der Waals surface area contributed by atoms with Gasteiger partial charge < -0.3 is 9.80 Å². The van der Waals surface area contributed by atoms with Crippen LogP contribution < -0.4 is 4.90 Å². The van der Waals surface area contributed by atoms with E-state index in [-0.39, 0.29) is 11.8 Å². The van der Waals surface area contributed by atoms with Crippen LogP contribution in [0.25, 0.3) is 5.82 Å². The van der Waals surface area contributed by atoms with Gasteiger partial charge in [-0.05, 0) is 50.3 Å². The Bertz CT molecular complexity index is 1110. The molecule has 31 heavy (non-hydrogen) atoms. The smallest absolute Gasteiger partial charge is 0.227 e. The SMILES string of the molecule is Cc1cc(C)n(-c2cc(N3CCCC(C(=O)N4CCc5ccccc5C4)C3)ncn2)n1. The third-order valence-electron chi connectivity index (χ3n) is 6.40. The molecule has 1 amide bonds. The molecule has 4 heterocycles. The van der Waals surface area contributed by atoms with E-state index in [0.29, 0.717) is 6.54 Å². The first-order chi connectivity index (χ1) is 15.1. The molecule has 5 rings (SSSR count). The van der Waals surface area contributed by atoms with Gasteiger partial charge in [-0.1, -0.05) is 24.3 Å². The largest absolute Gasteiger partial charge is 0.356 e. The molecule has 2 aliphatic heterocycles. The Morgan fingerprint density at radius 3 is 2.65 bits per heavy atom.